The quantitative estimate of drug-likeness (QED) is 0.514. The molecule has 2 aromatic rings. The molecule has 0 aliphatic carbocycles. The second-order valence-corrected chi connectivity index (χ2v) is 9.46. The highest BCUT2D eigenvalue weighted by molar-refractivity contribution is 5.92. The Balaban J connectivity index is 2.13. The van der Waals surface area contributed by atoms with Crippen molar-refractivity contribution in [2.24, 2.45) is 10.8 Å². The van der Waals surface area contributed by atoms with Crippen LogP contribution in [0.15, 0.2) is 61.7 Å². The molecule has 0 radical (unpaired) electrons. The molecule has 4 heteroatoms. The van der Waals surface area contributed by atoms with Gasteiger partial charge in [-0.05, 0) is 49.9 Å². The van der Waals surface area contributed by atoms with Crippen LogP contribution in [-0.4, -0.2) is 35.7 Å². The van der Waals surface area contributed by atoms with Crippen molar-refractivity contribution >= 4 is 24.0 Å². The Bertz CT molecular complexity index is 888. The SMILES string of the molecule is C=Cc1ccc(CN(C)C(=O)C(C)(C)C(C)(C)C(=O)N(C)Cc2ccc(C=C)cc2)cc1. The van der Waals surface area contributed by atoms with Gasteiger partial charge in [0, 0.05) is 27.2 Å². The molecule has 0 aliphatic heterocycles. The zero-order valence-corrected chi connectivity index (χ0v) is 20.3. The first-order valence-corrected chi connectivity index (χ1v) is 10.9. The van der Waals surface area contributed by atoms with E-state index in [0.29, 0.717) is 13.1 Å². The van der Waals surface area contributed by atoms with Gasteiger partial charge >= 0.3 is 0 Å². The molecule has 0 heterocycles. The Hall–Kier alpha value is -3.14. The van der Waals surface area contributed by atoms with Gasteiger partial charge in [0.1, 0.15) is 0 Å². The summed E-state index contributed by atoms with van der Waals surface area (Å²) >= 11 is 0. The lowest BCUT2D eigenvalue weighted by molar-refractivity contribution is -0.159. The predicted octanol–water partition coefficient (Wildman–Crippen LogP) is 5.64. The van der Waals surface area contributed by atoms with Crippen molar-refractivity contribution < 1.29 is 9.59 Å². The van der Waals surface area contributed by atoms with Crippen LogP contribution < -0.4 is 0 Å². The van der Waals surface area contributed by atoms with Gasteiger partial charge in [0.25, 0.3) is 0 Å². The molecule has 0 spiro atoms. The molecule has 32 heavy (non-hydrogen) atoms. The average molecular weight is 433 g/mol. The van der Waals surface area contributed by atoms with Crippen LogP contribution >= 0.6 is 0 Å². The third-order valence-corrected chi connectivity index (χ3v) is 6.60. The van der Waals surface area contributed by atoms with Crippen LogP contribution in [0.3, 0.4) is 0 Å². The number of nitrogens with zero attached hydrogens (tertiary/aromatic N) is 2. The molecule has 2 amide bonds. The largest absolute Gasteiger partial charge is 0.341 e. The maximum Gasteiger partial charge on any atom is 0.229 e. The normalized spacial score (nSPS) is 11.6. The average Bonchev–Trinajstić information content (AvgIpc) is 2.78. The fourth-order valence-corrected chi connectivity index (χ4v) is 3.70. The molecule has 2 aromatic carbocycles. The van der Waals surface area contributed by atoms with Crippen molar-refractivity contribution in [2.75, 3.05) is 14.1 Å². The molecule has 0 aromatic heterocycles. The highest BCUT2D eigenvalue weighted by Crippen LogP contribution is 2.41. The molecule has 0 saturated heterocycles. The van der Waals surface area contributed by atoms with Crippen LogP contribution in [0.1, 0.15) is 49.9 Å². The van der Waals surface area contributed by atoms with Crippen molar-refractivity contribution in [3.63, 3.8) is 0 Å². The van der Waals surface area contributed by atoms with Crippen molar-refractivity contribution in [1.82, 2.24) is 9.80 Å². The third-order valence-electron chi connectivity index (χ3n) is 6.60. The maximum absolute atomic E-state index is 13.4. The van der Waals surface area contributed by atoms with Crippen LogP contribution in [0.5, 0.6) is 0 Å². The summed E-state index contributed by atoms with van der Waals surface area (Å²) in [4.78, 5) is 30.2. The van der Waals surface area contributed by atoms with Crippen molar-refractivity contribution in [3.05, 3.63) is 83.9 Å². The van der Waals surface area contributed by atoms with Crippen LogP contribution in [0.2, 0.25) is 0 Å². The van der Waals surface area contributed by atoms with Gasteiger partial charge in [0.05, 0.1) is 10.8 Å². The second-order valence-electron chi connectivity index (χ2n) is 9.46. The number of carbonyl (C=O) groups excluding carboxylic acids is 2. The van der Waals surface area contributed by atoms with E-state index in [0.717, 1.165) is 22.3 Å². The summed E-state index contributed by atoms with van der Waals surface area (Å²) in [6, 6.07) is 15.9. The molecule has 0 aliphatic rings. The number of hydrogen-bond donors (Lipinski definition) is 0. The molecule has 0 atom stereocenters. The lowest BCUT2D eigenvalue weighted by Crippen LogP contribution is -2.53. The van der Waals surface area contributed by atoms with Crippen molar-refractivity contribution in [3.8, 4) is 0 Å². The molecule has 0 fully saturated rings. The lowest BCUT2D eigenvalue weighted by Gasteiger charge is -2.43. The summed E-state index contributed by atoms with van der Waals surface area (Å²) in [5, 5.41) is 0. The smallest absolute Gasteiger partial charge is 0.229 e. The van der Waals surface area contributed by atoms with Gasteiger partial charge < -0.3 is 9.80 Å². The van der Waals surface area contributed by atoms with E-state index < -0.39 is 10.8 Å². The second kappa shape index (κ2) is 9.99. The number of carbonyl (C=O) groups is 2. The molecule has 4 nitrogen and oxygen atoms in total. The fraction of sp³-hybridized carbons (Fsp3) is 0.357. The molecule has 170 valence electrons. The minimum atomic E-state index is -0.888. The standard InChI is InChI=1S/C28H36N2O2/c1-9-21-11-15-23(16-12-21)19-29(7)25(31)27(3,4)28(5,6)26(32)30(8)20-24-17-13-22(10-2)14-18-24/h9-18H,1-2,19-20H2,3-8H3. The van der Waals surface area contributed by atoms with Gasteiger partial charge in [-0.1, -0.05) is 73.8 Å². The molecule has 0 unspecified atom stereocenters. The maximum atomic E-state index is 13.4. The minimum absolute atomic E-state index is 0.0626. The summed E-state index contributed by atoms with van der Waals surface area (Å²) < 4.78 is 0. The van der Waals surface area contributed by atoms with E-state index in [1.54, 1.807) is 36.0 Å². The van der Waals surface area contributed by atoms with Gasteiger partial charge in [-0.15, -0.1) is 0 Å². The van der Waals surface area contributed by atoms with Gasteiger partial charge in [-0.25, -0.2) is 0 Å². The van der Waals surface area contributed by atoms with Gasteiger partial charge in [0.2, 0.25) is 11.8 Å². The van der Waals surface area contributed by atoms with Gasteiger partial charge in [-0.2, -0.15) is 0 Å². The Morgan fingerprint density at radius 3 is 1.22 bits per heavy atom. The van der Waals surface area contributed by atoms with Crippen LogP contribution in [0, 0.1) is 10.8 Å². The van der Waals surface area contributed by atoms with E-state index in [2.05, 4.69) is 13.2 Å². The highest BCUT2D eigenvalue weighted by Gasteiger charge is 2.50. The zero-order chi connectivity index (χ0) is 24.1. The summed E-state index contributed by atoms with van der Waals surface area (Å²) in [6.45, 7) is 15.9. The summed E-state index contributed by atoms with van der Waals surface area (Å²) in [5.74, 6) is -0.125. The molecule has 0 N–H and O–H groups in total. The minimum Gasteiger partial charge on any atom is -0.341 e. The molecular weight excluding hydrogens is 396 g/mol. The van der Waals surface area contributed by atoms with Crippen LogP contribution in [0.25, 0.3) is 12.2 Å². The molecule has 2 rings (SSSR count). The van der Waals surface area contributed by atoms with Crippen molar-refractivity contribution in [2.45, 2.75) is 40.8 Å². The monoisotopic (exact) mass is 432 g/mol. The summed E-state index contributed by atoms with van der Waals surface area (Å²) in [6.07, 6.45) is 3.58. The summed E-state index contributed by atoms with van der Waals surface area (Å²) in [5.41, 5.74) is 2.37. The van der Waals surface area contributed by atoms with E-state index in [-0.39, 0.29) is 11.8 Å². The topological polar surface area (TPSA) is 40.6 Å². The van der Waals surface area contributed by atoms with Gasteiger partial charge in [0.15, 0.2) is 0 Å². The molecular formula is C28H36N2O2. The first-order valence-electron chi connectivity index (χ1n) is 10.9. The fourth-order valence-electron chi connectivity index (χ4n) is 3.70. The summed E-state index contributed by atoms with van der Waals surface area (Å²) in [7, 11) is 3.58. The van der Waals surface area contributed by atoms with E-state index in [1.165, 1.54) is 0 Å². The van der Waals surface area contributed by atoms with Gasteiger partial charge in [-0.3, -0.25) is 9.59 Å². The first kappa shape index (κ1) is 25.1. The first-order chi connectivity index (χ1) is 14.9. The molecule has 0 saturated carbocycles. The van der Waals surface area contributed by atoms with E-state index in [9.17, 15) is 9.59 Å². The predicted molar refractivity (Wildman–Crippen MR) is 134 cm³/mol. The van der Waals surface area contributed by atoms with Crippen LogP contribution in [-0.2, 0) is 22.7 Å². The van der Waals surface area contributed by atoms with E-state index >= 15 is 0 Å². The number of benzene rings is 2. The Morgan fingerprint density at radius 1 is 0.688 bits per heavy atom. The third kappa shape index (κ3) is 5.37. The Morgan fingerprint density at radius 2 is 0.969 bits per heavy atom. The Labute approximate surface area is 193 Å². The Kier molecular flexibility index (Phi) is 7.84. The number of amides is 2. The highest BCUT2D eigenvalue weighted by atomic mass is 16.2. The lowest BCUT2D eigenvalue weighted by atomic mass is 9.66. The number of hydrogen-bond acceptors (Lipinski definition) is 2. The molecule has 0 bridgehead atoms. The van der Waals surface area contributed by atoms with Crippen LogP contribution in [0.4, 0.5) is 0 Å². The zero-order valence-electron chi connectivity index (χ0n) is 20.3. The van der Waals surface area contributed by atoms with E-state index in [4.69, 9.17) is 0 Å². The number of rotatable bonds is 9. The van der Waals surface area contributed by atoms with E-state index in [1.807, 2.05) is 76.2 Å². The van der Waals surface area contributed by atoms with Crippen molar-refractivity contribution in [1.29, 1.82) is 0 Å².